The molecule has 2 aromatic carbocycles. The Morgan fingerprint density at radius 3 is 2.41 bits per heavy atom. The van der Waals surface area contributed by atoms with Gasteiger partial charge in [0.05, 0.1) is 25.0 Å². The van der Waals surface area contributed by atoms with Crippen LogP contribution in [-0.4, -0.2) is 37.8 Å². The molecule has 0 aliphatic heterocycles. The first kappa shape index (κ1) is 25.9. The van der Waals surface area contributed by atoms with E-state index in [1.54, 1.807) is 43.3 Å². The third-order valence-corrected chi connectivity index (χ3v) is 6.19. The van der Waals surface area contributed by atoms with Gasteiger partial charge in [-0.2, -0.15) is 13.2 Å². The molecule has 0 aliphatic carbocycles. The summed E-state index contributed by atoms with van der Waals surface area (Å²) in [5.74, 6) is 0.175. The number of halogens is 3. The number of benzene rings is 2. The number of alkyl halides is 3. The third-order valence-electron chi connectivity index (χ3n) is 5.45. The summed E-state index contributed by atoms with van der Waals surface area (Å²) in [6.45, 7) is 1.61. The number of aromatic hydroxyl groups is 1. The maximum Gasteiger partial charge on any atom is 0.446 e. The summed E-state index contributed by atoms with van der Waals surface area (Å²) in [7, 11) is 1.53. The van der Waals surface area contributed by atoms with Crippen LogP contribution in [0.1, 0.15) is 21.6 Å². The molecule has 37 heavy (non-hydrogen) atoms. The molecule has 8 nitrogen and oxygen atoms in total. The van der Waals surface area contributed by atoms with Crippen molar-refractivity contribution in [2.24, 2.45) is 0 Å². The molecule has 0 unspecified atom stereocenters. The summed E-state index contributed by atoms with van der Waals surface area (Å²) in [4.78, 5) is 29.8. The van der Waals surface area contributed by atoms with Gasteiger partial charge < -0.3 is 15.2 Å². The van der Waals surface area contributed by atoms with Gasteiger partial charge in [-0.3, -0.25) is 9.36 Å². The number of imidazole rings is 1. The highest BCUT2D eigenvalue weighted by Crippen LogP contribution is 2.37. The van der Waals surface area contributed by atoms with E-state index in [1.165, 1.54) is 42.1 Å². The zero-order valence-electron chi connectivity index (χ0n) is 19.6. The zero-order chi connectivity index (χ0) is 26.7. The molecule has 0 spiro atoms. The SMILES string of the molecule is COc1ccc(C(=O)Nc2cc(Cn3c(C)c(O)n(-c4ccc(SC(F)(F)F)cc4)c3=O)ccn2)cc1. The minimum Gasteiger partial charge on any atom is -0.497 e. The molecule has 2 aromatic heterocycles. The second kappa shape index (κ2) is 10.4. The second-order valence-electron chi connectivity index (χ2n) is 7.89. The van der Waals surface area contributed by atoms with E-state index < -0.39 is 11.2 Å². The Labute approximate surface area is 213 Å². The van der Waals surface area contributed by atoms with E-state index >= 15 is 0 Å². The van der Waals surface area contributed by atoms with Gasteiger partial charge in [0, 0.05) is 16.7 Å². The fraction of sp³-hybridized carbons (Fsp3) is 0.160. The van der Waals surface area contributed by atoms with Crippen molar-refractivity contribution in [2.75, 3.05) is 12.4 Å². The number of carbonyl (C=O) groups is 1. The lowest BCUT2D eigenvalue weighted by Gasteiger charge is -2.08. The molecular weight excluding hydrogens is 509 g/mol. The van der Waals surface area contributed by atoms with Crippen LogP contribution < -0.4 is 15.7 Å². The third kappa shape index (κ3) is 5.97. The maximum absolute atomic E-state index is 13.1. The van der Waals surface area contributed by atoms with Crippen LogP contribution in [0.15, 0.2) is 76.6 Å². The number of nitrogens with one attached hydrogen (secondary N) is 1. The first-order valence-electron chi connectivity index (χ1n) is 10.8. The van der Waals surface area contributed by atoms with Crippen molar-refractivity contribution in [2.45, 2.75) is 23.9 Å². The normalized spacial score (nSPS) is 11.4. The predicted octanol–water partition coefficient (Wildman–Crippen LogP) is 4.97. The smallest absolute Gasteiger partial charge is 0.446 e. The predicted molar refractivity (Wildman–Crippen MR) is 133 cm³/mol. The van der Waals surface area contributed by atoms with Crippen LogP contribution in [0.2, 0.25) is 0 Å². The van der Waals surface area contributed by atoms with E-state index in [2.05, 4.69) is 10.3 Å². The monoisotopic (exact) mass is 530 g/mol. The Morgan fingerprint density at radius 1 is 1.11 bits per heavy atom. The van der Waals surface area contributed by atoms with E-state index in [1.807, 2.05) is 0 Å². The summed E-state index contributed by atoms with van der Waals surface area (Å²) < 4.78 is 45.2. The van der Waals surface area contributed by atoms with Gasteiger partial charge in [0.1, 0.15) is 11.6 Å². The number of aromatic nitrogens is 3. The van der Waals surface area contributed by atoms with E-state index in [0.717, 1.165) is 4.57 Å². The number of ether oxygens (including phenoxy) is 1. The Balaban J connectivity index is 1.55. The number of pyridine rings is 1. The van der Waals surface area contributed by atoms with Gasteiger partial charge in [-0.1, -0.05) is 0 Å². The van der Waals surface area contributed by atoms with Gasteiger partial charge in [0.25, 0.3) is 5.91 Å². The fourth-order valence-electron chi connectivity index (χ4n) is 3.61. The molecule has 4 aromatic rings. The van der Waals surface area contributed by atoms with Gasteiger partial charge >= 0.3 is 11.2 Å². The molecule has 0 saturated carbocycles. The van der Waals surface area contributed by atoms with Crippen molar-refractivity contribution < 1.29 is 27.8 Å². The Kier molecular flexibility index (Phi) is 7.30. The van der Waals surface area contributed by atoms with Crippen LogP contribution >= 0.6 is 11.8 Å². The minimum atomic E-state index is -4.43. The summed E-state index contributed by atoms with van der Waals surface area (Å²) >= 11 is -0.268. The molecule has 0 radical (unpaired) electrons. The molecule has 1 amide bonds. The lowest BCUT2D eigenvalue weighted by Crippen LogP contribution is -2.24. The quantitative estimate of drug-likeness (QED) is 0.328. The van der Waals surface area contributed by atoms with Crippen molar-refractivity contribution in [3.63, 3.8) is 0 Å². The number of amides is 1. The molecule has 2 heterocycles. The Hall–Kier alpha value is -4.19. The fourth-order valence-corrected chi connectivity index (χ4v) is 4.15. The van der Waals surface area contributed by atoms with Crippen LogP contribution in [0.4, 0.5) is 19.0 Å². The maximum atomic E-state index is 13.1. The highest BCUT2D eigenvalue weighted by molar-refractivity contribution is 8.00. The lowest BCUT2D eigenvalue weighted by molar-refractivity contribution is -0.0328. The number of anilines is 1. The number of methoxy groups -OCH3 is 1. The summed E-state index contributed by atoms with van der Waals surface area (Å²) in [6.07, 6.45) is 1.48. The van der Waals surface area contributed by atoms with Gasteiger partial charge in [0.15, 0.2) is 0 Å². The van der Waals surface area contributed by atoms with E-state index in [0.29, 0.717) is 16.9 Å². The number of rotatable bonds is 7. The summed E-state index contributed by atoms with van der Waals surface area (Å²) in [5, 5.41) is 13.3. The molecule has 0 bridgehead atoms. The van der Waals surface area contributed by atoms with Gasteiger partial charge in [-0.15, -0.1) is 0 Å². The van der Waals surface area contributed by atoms with Crippen molar-refractivity contribution in [1.82, 2.24) is 14.1 Å². The second-order valence-corrected chi connectivity index (χ2v) is 9.03. The highest BCUT2D eigenvalue weighted by atomic mass is 32.2. The van der Waals surface area contributed by atoms with E-state index in [-0.39, 0.29) is 52.2 Å². The van der Waals surface area contributed by atoms with Crippen LogP contribution in [0, 0.1) is 6.92 Å². The summed E-state index contributed by atoms with van der Waals surface area (Å²) in [5.41, 5.74) is -3.50. The lowest BCUT2D eigenvalue weighted by atomic mass is 10.2. The van der Waals surface area contributed by atoms with Crippen molar-refractivity contribution in [3.8, 4) is 17.3 Å². The van der Waals surface area contributed by atoms with E-state index in [9.17, 15) is 27.9 Å². The summed E-state index contributed by atoms with van der Waals surface area (Å²) in [6, 6.07) is 14.9. The molecule has 4 rings (SSSR count). The minimum absolute atomic E-state index is 0.0408. The molecular formula is C25H21F3N4O4S. The highest BCUT2D eigenvalue weighted by Gasteiger charge is 2.29. The van der Waals surface area contributed by atoms with Crippen LogP contribution in [0.25, 0.3) is 5.69 Å². The molecule has 0 saturated heterocycles. The topological polar surface area (TPSA) is 98.4 Å². The molecule has 12 heteroatoms. The van der Waals surface area contributed by atoms with E-state index in [4.69, 9.17) is 4.74 Å². The van der Waals surface area contributed by atoms with Crippen molar-refractivity contribution in [1.29, 1.82) is 0 Å². The van der Waals surface area contributed by atoms with Crippen LogP contribution in [0.5, 0.6) is 11.6 Å². The first-order valence-corrected chi connectivity index (χ1v) is 11.6. The van der Waals surface area contributed by atoms with Gasteiger partial charge in [-0.05, 0) is 84.9 Å². The molecule has 0 aliphatic rings. The van der Waals surface area contributed by atoms with Crippen LogP contribution in [-0.2, 0) is 6.54 Å². The first-order chi connectivity index (χ1) is 17.6. The molecule has 0 fully saturated rings. The van der Waals surface area contributed by atoms with Gasteiger partial charge in [-0.25, -0.2) is 14.3 Å². The van der Waals surface area contributed by atoms with Crippen LogP contribution in [0.3, 0.4) is 0 Å². The average Bonchev–Trinajstić information content (AvgIpc) is 3.07. The Bertz CT molecular complexity index is 1480. The van der Waals surface area contributed by atoms with Gasteiger partial charge in [0.2, 0.25) is 5.88 Å². The molecule has 0 atom stereocenters. The number of carbonyl (C=O) groups excluding carboxylic acids is 1. The number of hydrogen-bond donors (Lipinski definition) is 2. The number of thioether (sulfide) groups is 1. The zero-order valence-corrected chi connectivity index (χ0v) is 20.4. The molecule has 192 valence electrons. The number of hydrogen-bond acceptors (Lipinski definition) is 6. The van der Waals surface area contributed by atoms with Crippen molar-refractivity contribution in [3.05, 3.63) is 94.2 Å². The largest absolute Gasteiger partial charge is 0.497 e. The Morgan fingerprint density at radius 2 is 1.78 bits per heavy atom. The van der Waals surface area contributed by atoms with Crippen molar-refractivity contribution >= 4 is 23.5 Å². The molecule has 2 N–H and O–H groups in total. The number of nitrogens with zero attached hydrogens (tertiary/aromatic N) is 3. The average molecular weight is 531 g/mol. The standard InChI is InChI=1S/C25H21F3N4O4S/c1-15-23(34)32(18-5-9-20(10-6-18)37-25(26,27)28)24(35)31(15)14-16-11-12-29-21(13-16)30-22(33)17-3-7-19(36-2)8-4-17/h3-13,34H,14H2,1-2H3,(H,29,30,33).